The smallest absolute Gasteiger partial charge is 0.251 e. The van der Waals surface area contributed by atoms with Gasteiger partial charge in [0.25, 0.3) is 5.91 Å². The molecule has 0 radical (unpaired) electrons. The maximum absolute atomic E-state index is 12.5. The van der Waals surface area contributed by atoms with E-state index in [9.17, 15) is 4.79 Å². The van der Waals surface area contributed by atoms with Gasteiger partial charge in [-0.05, 0) is 32.1 Å². The van der Waals surface area contributed by atoms with Gasteiger partial charge in [-0.2, -0.15) is 0 Å². The summed E-state index contributed by atoms with van der Waals surface area (Å²) < 4.78 is 5.62. The van der Waals surface area contributed by atoms with E-state index in [4.69, 9.17) is 4.74 Å². The van der Waals surface area contributed by atoms with Crippen molar-refractivity contribution < 1.29 is 9.53 Å². The van der Waals surface area contributed by atoms with Crippen molar-refractivity contribution in [3.63, 3.8) is 0 Å². The topological polar surface area (TPSA) is 29.5 Å². The van der Waals surface area contributed by atoms with E-state index in [-0.39, 0.29) is 12.0 Å². The number of carbonyl (C=O) groups is 1. The molecule has 0 bridgehead atoms. The van der Waals surface area contributed by atoms with Gasteiger partial charge in [-0.15, -0.1) is 0 Å². The molecule has 2 aliphatic rings. The van der Waals surface area contributed by atoms with Gasteiger partial charge in [-0.25, -0.2) is 0 Å². The van der Waals surface area contributed by atoms with E-state index < -0.39 is 0 Å². The minimum Gasteiger partial charge on any atom is -0.368 e. The van der Waals surface area contributed by atoms with Gasteiger partial charge in [0.15, 0.2) is 0 Å². The molecule has 0 N–H and O–H groups in total. The fourth-order valence-electron chi connectivity index (χ4n) is 2.90. The molecule has 1 amide bonds. The zero-order valence-electron chi connectivity index (χ0n) is 10.4. The summed E-state index contributed by atoms with van der Waals surface area (Å²) in [6, 6.07) is 0.463. The molecule has 1 heterocycles. The molecule has 2 rings (SSSR count). The van der Waals surface area contributed by atoms with Crippen LogP contribution in [0.5, 0.6) is 0 Å². The van der Waals surface area contributed by atoms with Crippen LogP contribution in [0.3, 0.4) is 0 Å². The number of alkyl halides is 1. The molecule has 98 valence electrons. The summed E-state index contributed by atoms with van der Waals surface area (Å²) in [4.78, 5) is 14.5. The van der Waals surface area contributed by atoms with Crippen LogP contribution < -0.4 is 0 Å². The Morgan fingerprint density at radius 1 is 1.18 bits per heavy atom. The van der Waals surface area contributed by atoms with E-state index in [1.165, 1.54) is 25.7 Å². The van der Waals surface area contributed by atoms with Gasteiger partial charge in [0.2, 0.25) is 0 Å². The van der Waals surface area contributed by atoms with Crippen molar-refractivity contribution >= 4 is 21.8 Å². The lowest BCUT2D eigenvalue weighted by Gasteiger charge is -2.33. The van der Waals surface area contributed by atoms with Crippen LogP contribution in [0.4, 0.5) is 0 Å². The fraction of sp³-hybridized carbons (Fsp3) is 0.923. The Kier molecular flexibility index (Phi) is 5.29. The highest BCUT2D eigenvalue weighted by Gasteiger charge is 2.32. The molecule has 17 heavy (non-hydrogen) atoms. The van der Waals surface area contributed by atoms with Gasteiger partial charge in [-0.1, -0.05) is 28.8 Å². The van der Waals surface area contributed by atoms with Crippen molar-refractivity contribution in [2.24, 2.45) is 0 Å². The highest BCUT2D eigenvalue weighted by atomic mass is 79.9. The second kappa shape index (κ2) is 6.74. The second-order valence-electron chi connectivity index (χ2n) is 5.01. The largest absolute Gasteiger partial charge is 0.368 e. The van der Waals surface area contributed by atoms with Crippen LogP contribution in [-0.2, 0) is 9.53 Å². The number of hydrogen-bond acceptors (Lipinski definition) is 2. The Bertz CT molecular complexity index is 248. The Hall–Kier alpha value is -0.0900. The summed E-state index contributed by atoms with van der Waals surface area (Å²) in [5.41, 5.74) is 0. The molecule has 1 aliphatic carbocycles. The molecular formula is C13H22BrNO2. The van der Waals surface area contributed by atoms with Gasteiger partial charge < -0.3 is 9.64 Å². The van der Waals surface area contributed by atoms with Crippen LogP contribution in [0.1, 0.15) is 44.9 Å². The molecule has 1 saturated carbocycles. The molecule has 0 aromatic carbocycles. The Morgan fingerprint density at radius 2 is 1.88 bits per heavy atom. The summed E-state index contributed by atoms with van der Waals surface area (Å²) in [6.45, 7) is 1.58. The van der Waals surface area contributed by atoms with E-state index in [1.54, 1.807) is 0 Å². The molecule has 3 nitrogen and oxygen atoms in total. The Labute approximate surface area is 112 Å². The first-order valence-electron chi connectivity index (χ1n) is 6.81. The third-order valence-electron chi connectivity index (χ3n) is 3.83. The van der Waals surface area contributed by atoms with E-state index in [0.717, 1.165) is 37.7 Å². The number of hydrogen-bond donors (Lipinski definition) is 0. The molecule has 2 fully saturated rings. The predicted octanol–water partition coefficient (Wildman–Crippen LogP) is 2.72. The average molecular weight is 304 g/mol. The fourth-order valence-corrected chi connectivity index (χ4v) is 3.28. The van der Waals surface area contributed by atoms with E-state index in [0.29, 0.717) is 6.04 Å². The number of amides is 1. The molecule has 4 heteroatoms. The van der Waals surface area contributed by atoms with Crippen LogP contribution in [0, 0.1) is 0 Å². The summed E-state index contributed by atoms with van der Waals surface area (Å²) >= 11 is 3.45. The van der Waals surface area contributed by atoms with Crippen LogP contribution in [-0.4, -0.2) is 41.4 Å². The van der Waals surface area contributed by atoms with E-state index in [2.05, 4.69) is 20.8 Å². The number of nitrogens with zero attached hydrogens (tertiary/aromatic N) is 1. The molecule has 1 aliphatic heterocycles. The standard InChI is InChI=1S/C13H22BrNO2/c14-8-9-15(11-5-1-2-6-11)13(16)12-7-3-4-10-17-12/h11-12H,1-10H2. The van der Waals surface area contributed by atoms with E-state index >= 15 is 0 Å². The summed E-state index contributed by atoms with van der Waals surface area (Å²) in [5.74, 6) is 0.232. The predicted molar refractivity (Wildman–Crippen MR) is 71.4 cm³/mol. The first kappa shape index (κ1) is 13.3. The van der Waals surface area contributed by atoms with Gasteiger partial charge in [-0.3, -0.25) is 4.79 Å². The summed E-state index contributed by atoms with van der Waals surface area (Å²) in [6.07, 6.45) is 7.85. The zero-order chi connectivity index (χ0) is 12.1. The van der Waals surface area contributed by atoms with Crippen LogP contribution in [0.2, 0.25) is 0 Å². The number of ether oxygens (including phenoxy) is 1. The summed E-state index contributed by atoms with van der Waals surface area (Å²) in [7, 11) is 0. The lowest BCUT2D eigenvalue weighted by molar-refractivity contribution is -0.148. The first-order valence-corrected chi connectivity index (χ1v) is 7.93. The Balaban J connectivity index is 1.95. The molecule has 0 aromatic rings. The van der Waals surface area contributed by atoms with Crippen molar-refractivity contribution in [2.75, 3.05) is 18.5 Å². The normalized spacial score (nSPS) is 26.1. The monoisotopic (exact) mass is 303 g/mol. The molecule has 0 aromatic heterocycles. The highest BCUT2D eigenvalue weighted by Crippen LogP contribution is 2.26. The maximum atomic E-state index is 12.5. The van der Waals surface area contributed by atoms with Gasteiger partial charge in [0.1, 0.15) is 6.10 Å². The van der Waals surface area contributed by atoms with Gasteiger partial charge >= 0.3 is 0 Å². The van der Waals surface area contributed by atoms with Crippen LogP contribution in [0.25, 0.3) is 0 Å². The third kappa shape index (κ3) is 3.44. The van der Waals surface area contributed by atoms with Gasteiger partial charge in [0.05, 0.1) is 0 Å². The van der Waals surface area contributed by atoms with Crippen LogP contribution in [0.15, 0.2) is 0 Å². The number of rotatable bonds is 4. The molecule has 0 spiro atoms. The van der Waals surface area contributed by atoms with Crippen molar-refractivity contribution in [2.45, 2.75) is 57.1 Å². The van der Waals surface area contributed by atoms with Crippen molar-refractivity contribution in [3.8, 4) is 0 Å². The van der Waals surface area contributed by atoms with E-state index in [1.807, 2.05) is 0 Å². The molecule has 1 atom stereocenters. The van der Waals surface area contributed by atoms with Crippen LogP contribution >= 0.6 is 15.9 Å². The minimum absolute atomic E-state index is 0.164. The van der Waals surface area contributed by atoms with Crippen molar-refractivity contribution in [1.29, 1.82) is 0 Å². The molecule has 1 unspecified atom stereocenters. The second-order valence-corrected chi connectivity index (χ2v) is 5.81. The maximum Gasteiger partial charge on any atom is 0.251 e. The molecule has 1 saturated heterocycles. The first-order chi connectivity index (χ1) is 8.33. The lowest BCUT2D eigenvalue weighted by Crippen LogP contribution is -2.47. The van der Waals surface area contributed by atoms with Gasteiger partial charge in [0, 0.05) is 24.5 Å². The quantitative estimate of drug-likeness (QED) is 0.747. The zero-order valence-corrected chi connectivity index (χ0v) is 12.0. The lowest BCUT2D eigenvalue weighted by atomic mass is 10.1. The minimum atomic E-state index is -0.164. The van der Waals surface area contributed by atoms with Crippen molar-refractivity contribution in [1.82, 2.24) is 4.90 Å². The SMILES string of the molecule is O=C(C1CCCCO1)N(CCBr)C1CCCC1. The molecular weight excluding hydrogens is 282 g/mol. The Morgan fingerprint density at radius 3 is 2.47 bits per heavy atom. The number of carbonyl (C=O) groups excluding carboxylic acids is 1. The van der Waals surface area contributed by atoms with Crippen molar-refractivity contribution in [3.05, 3.63) is 0 Å². The summed E-state index contributed by atoms with van der Waals surface area (Å²) in [5, 5.41) is 0.863. The third-order valence-corrected chi connectivity index (χ3v) is 4.18. The highest BCUT2D eigenvalue weighted by molar-refractivity contribution is 9.09. The average Bonchev–Trinajstić information content (AvgIpc) is 2.90. The number of halogens is 1.